The maximum Gasteiger partial charge on any atom is 0.268 e. The largest absolute Gasteiger partial charge is 0.357 e. The van der Waals surface area contributed by atoms with Gasteiger partial charge in [0, 0.05) is 18.6 Å². The molecule has 1 atom stereocenters. The summed E-state index contributed by atoms with van der Waals surface area (Å²) in [6.45, 7) is 1.87. The minimum absolute atomic E-state index is 0.129. The maximum absolute atomic E-state index is 11.6. The third-order valence-corrected chi connectivity index (χ3v) is 2.12. The van der Waals surface area contributed by atoms with Crippen molar-refractivity contribution in [3.8, 4) is 0 Å². The van der Waals surface area contributed by atoms with Crippen LogP contribution < -0.4 is 5.32 Å². The van der Waals surface area contributed by atoms with Crippen molar-refractivity contribution in [2.45, 2.75) is 13.0 Å². The maximum atomic E-state index is 11.6. The van der Waals surface area contributed by atoms with Crippen molar-refractivity contribution in [2.75, 3.05) is 0 Å². The predicted molar refractivity (Wildman–Crippen MR) is 55.3 cm³/mol. The molecule has 0 aliphatic carbocycles. The van der Waals surface area contributed by atoms with Gasteiger partial charge in [0.2, 0.25) is 0 Å². The number of carbonyl (C=O) groups excluding carboxylic acids is 1. The van der Waals surface area contributed by atoms with Crippen molar-refractivity contribution in [1.29, 1.82) is 0 Å². The highest BCUT2D eigenvalue weighted by molar-refractivity contribution is 5.92. The molecule has 1 amide bonds. The molecule has 5 nitrogen and oxygen atoms in total. The van der Waals surface area contributed by atoms with Gasteiger partial charge in [0.05, 0.1) is 6.04 Å². The molecule has 2 rings (SSSR count). The molecular formula is C10H12N4O. The van der Waals surface area contributed by atoms with Crippen LogP contribution in [0.2, 0.25) is 0 Å². The quantitative estimate of drug-likeness (QED) is 0.703. The molecule has 2 aromatic heterocycles. The number of aromatic nitrogens is 3. The van der Waals surface area contributed by atoms with E-state index in [0.29, 0.717) is 5.69 Å². The van der Waals surface area contributed by atoms with Crippen molar-refractivity contribution in [3.05, 3.63) is 42.2 Å². The van der Waals surface area contributed by atoms with E-state index in [1.165, 1.54) is 0 Å². The predicted octanol–water partition coefficient (Wildman–Crippen LogP) is 1.23. The number of imidazole rings is 1. The first-order valence-electron chi connectivity index (χ1n) is 4.71. The SMILES string of the molecule is CC(NC(=O)c1ccc[nH]1)c1ncc[nH]1. The van der Waals surface area contributed by atoms with E-state index in [9.17, 15) is 4.79 Å². The normalized spacial score (nSPS) is 12.3. The van der Waals surface area contributed by atoms with E-state index in [1.54, 1.807) is 30.7 Å². The van der Waals surface area contributed by atoms with E-state index >= 15 is 0 Å². The zero-order chi connectivity index (χ0) is 10.7. The van der Waals surface area contributed by atoms with E-state index < -0.39 is 0 Å². The fourth-order valence-electron chi connectivity index (χ4n) is 1.33. The molecule has 0 bridgehead atoms. The molecule has 0 fully saturated rings. The lowest BCUT2D eigenvalue weighted by Gasteiger charge is -2.10. The first-order valence-corrected chi connectivity index (χ1v) is 4.71. The average Bonchev–Trinajstić information content (AvgIpc) is 2.91. The third-order valence-electron chi connectivity index (χ3n) is 2.12. The van der Waals surface area contributed by atoms with Gasteiger partial charge < -0.3 is 15.3 Å². The zero-order valence-corrected chi connectivity index (χ0v) is 8.32. The van der Waals surface area contributed by atoms with Crippen LogP contribution in [0.1, 0.15) is 29.3 Å². The first-order chi connectivity index (χ1) is 7.27. The number of amides is 1. The molecule has 15 heavy (non-hydrogen) atoms. The fourth-order valence-corrected chi connectivity index (χ4v) is 1.33. The van der Waals surface area contributed by atoms with Crippen molar-refractivity contribution >= 4 is 5.91 Å². The zero-order valence-electron chi connectivity index (χ0n) is 8.32. The van der Waals surface area contributed by atoms with Gasteiger partial charge in [-0.3, -0.25) is 4.79 Å². The summed E-state index contributed by atoms with van der Waals surface area (Å²) in [6, 6.07) is 3.38. The van der Waals surface area contributed by atoms with Crippen molar-refractivity contribution in [1.82, 2.24) is 20.3 Å². The Hall–Kier alpha value is -2.04. The van der Waals surface area contributed by atoms with Gasteiger partial charge in [-0.15, -0.1) is 0 Å². The number of nitrogens with one attached hydrogen (secondary N) is 3. The second kappa shape index (κ2) is 4.00. The molecule has 0 aliphatic rings. The molecule has 0 saturated heterocycles. The van der Waals surface area contributed by atoms with Gasteiger partial charge in [0.25, 0.3) is 5.91 Å². The Kier molecular flexibility index (Phi) is 2.53. The molecule has 0 aromatic carbocycles. The Morgan fingerprint density at radius 2 is 2.33 bits per heavy atom. The van der Waals surface area contributed by atoms with Crippen molar-refractivity contribution in [3.63, 3.8) is 0 Å². The van der Waals surface area contributed by atoms with Crippen molar-refractivity contribution < 1.29 is 4.79 Å². The van der Waals surface area contributed by atoms with Gasteiger partial charge in [0.1, 0.15) is 11.5 Å². The lowest BCUT2D eigenvalue weighted by atomic mass is 10.3. The van der Waals surface area contributed by atoms with Crippen LogP contribution in [0.3, 0.4) is 0 Å². The van der Waals surface area contributed by atoms with Crippen LogP contribution in [0.4, 0.5) is 0 Å². The Morgan fingerprint density at radius 3 is 2.93 bits per heavy atom. The van der Waals surface area contributed by atoms with E-state index in [1.807, 2.05) is 6.92 Å². The van der Waals surface area contributed by atoms with Crippen LogP contribution in [-0.4, -0.2) is 20.9 Å². The third kappa shape index (κ3) is 2.07. The number of hydrogen-bond donors (Lipinski definition) is 3. The van der Waals surface area contributed by atoms with E-state index in [0.717, 1.165) is 5.82 Å². The lowest BCUT2D eigenvalue weighted by molar-refractivity contribution is 0.0934. The van der Waals surface area contributed by atoms with Gasteiger partial charge in [-0.2, -0.15) is 0 Å². The Labute approximate surface area is 86.9 Å². The van der Waals surface area contributed by atoms with Crippen LogP contribution in [0, 0.1) is 0 Å². The molecule has 78 valence electrons. The molecule has 0 saturated carbocycles. The number of aromatic amines is 2. The second-order valence-electron chi connectivity index (χ2n) is 3.25. The van der Waals surface area contributed by atoms with Gasteiger partial charge in [-0.25, -0.2) is 4.98 Å². The molecule has 2 aromatic rings. The Balaban J connectivity index is 2.01. The molecule has 0 radical (unpaired) electrons. The number of H-pyrrole nitrogens is 2. The van der Waals surface area contributed by atoms with Crippen LogP contribution in [-0.2, 0) is 0 Å². The monoisotopic (exact) mass is 204 g/mol. The van der Waals surface area contributed by atoms with E-state index in [4.69, 9.17) is 0 Å². The van der Waals surface area contributed by atoms with Crippen LogP contribution in [0.25, 0.3) is 0 Å². The summed E-state index contributed by atoms with van der Waals surface area (Å²) in [5.74, 6) is 0.610. The summed E-state index contributed by atoms with van der Waals surface area (Å²) >= 11 is 0. The summed E-state index contributed by atoms with van der Waals surface area (Å²) in [5, 5.41) is 2.82. The summed E-state index contributed by atoms with van der Waals surface area (Å²) in [7, 11) is 0. The highest BCUT2D eigenvalue weighted by atomic mass is 16.1. The molecule has 0 spiro atoms. The number of rotatable bonds is 3. The number of carbonyl (C=O) groups is 1. The Morgan fingerprint density at radius 1 is 1.47 bits per heavy atom. The van der Waals surface area contributed by atoms with Crippen LogP contribution in [0.15, 0.2) is 30.7 Å². The summed E-state index contributed by atoms with van der Waals surface area (Å²) in [6.07, 6.45) is 5.10. The highest BCUT2D eigenvalue weighted by Crippen LogP contribution is 2.06. The van der Waals surface area contributed by atoms with Gasteiger partial charge in [0.15, 0.2) is 0 Å². The number of hydrogen-bond acceptors (Lipinski definition) is 2. The van der Waals surface area contributed by atoms with Crippen molar-refractivity contribution in [2.24, 2.45) is 0 Å². The molecule has 1 unspecified atom stereocenters. The smallest absolute Gasteiger partial charge is 0.268 e. The highest BCUT2D eigenvalue weighted by Gasteiger charge is 2.12. The molecule has 0 aliphatic heterocycles. The summed E-state index contributed by atoms with van der Waals surface area (Å²) < 4.78 is 0. The van der Waals surface area contributed by atoms with Crippen LogP contribution >= 0.6 is 0 Å². The number of nitrogens with zero attached hydrogens (tertiary/aromatic N) is 1. The lowest BCUT2D eigenvalue weighted by Crippen LogP contribution is -2.27. The van der Waals surface area contributed by atoms with Gasteiger partial charge in [-0.1, -0.05) is 0 Å². The fraction of sp³-hybridized carbons (Fsp3) is 0.200. The molecule has 2 heterocycles. The summed E-state index contributed by atoms with van der Waals surface area (Å²) in [5.41, 5.74) is 0.549. The minimum Gasteiger partial charge on any atom is -0.357 e. The first kappa shape index (κ1) is 9.51. The van der Waals surface area contributed by atoms with Gasteiger partial charge >= 0.3 is 0 Å². The van der Waals surface area contributed by atoms with Crippen LogP contribution in [0.5, 0.6) is 0 Å². The standard InChI is InChI=1S/C10H12N4O/c1-7(9-12-5-6-13-9)14-10(15)8-3-2-4-11-8/h2-7,11H,1H3,(H,12,13)(H,14,15). The van der Waals surface area contributed by atoms with E-state index in [-0.39, 0.29) is 11.9 Å². The van der Waals surface area contributed by atoms with E-state index in [2.05, 4.69) is 20.3 Å². The minimum atomic E-state index is -0.135. The second-order valence-corrected chi connectivity index (χ2v) is 3.25. The average molecular weight is 204 g/mol. The molecule has 5 heteroatoms. The van der Waals surface area contributed by atoms with Gasteiger partial charge in [-0.05, 0) is 19.1 Å². The molecular weight excluding hydrogens is 192 g/mol. The summed E-state index contributed by atoms with van der Waals surface area (Å²) in [4.78, 5) is 21.5. The molecule has 3 N–H and O–H groups in total. The topological polar surface area (TPSA) is 73.6 Å². The Bertz CT molecular complexity index is 418.